The molecule has 0 bridgehead atoms. The largest absolute Gasteiger partial charge is 0.460 e. The summed E-state index contributed by atoms with van der Waals surface area (Å²) in [6.45, 7) is 4.89. The molecule has 0 spiro atoms. The summed E-state index contributed by atoms with van der Waals surface area (Å²) in [6.07, 6.45) is 1.14. The highest BCUT2D eigenvalue weighted by atomic mass is 16.7. The molecule has 1 aliphatic rings. The summed E-state index contributed by atoms with van der Waals surface area (Å²) >= 11 is 0. The summed E-state index contributed by atoms with van der Waals surface area (Å²) < 4.78 is 15.6. The smallest absolute Gasteiger partial charge is 0.317 e. The number of carbonyl (C=O) groups is 1. The Morgan fingerprint density at radius 1 is 1.39 bits per heavy atom. The van der Waals surface area contributed by atoms with Gasteiger partial charge in [0.15, 0.2) is 6.29 Å². The van der Waals surface area contributed by atoms with E-state index in [0.29, 0.717) is 13.2 Å². The molecule has 0 amide bonds. The van der Waals surface area contributed by atoms with Crippen molar-refractivity contribution in [2.24, 2.45) is 0 Å². The third kappa shape index (κ3) is 3.18. The van der Waals surface area contributed by atoms with E-state index in [4.69, 9.17) is 14.2 Å². The molecule has 0 saturated carbocycles. The van der Waals surface area contributed by atoms with Crippen LogP contribution in [0.1, 0.15) is 11.5 Å². The zero-order valence-electron chi connectivity index (χ0n) is 10.1. The van der Waals surface area contributed by atoms with E-state index < -0.39 is 12.2 Å². The Morgan fingerprint density at radius 2 is 2.06 bits per heavy atom. The van der Waals surface area contributed by atoms with Gasteiger partial charge in [0, 0.05) is 0 Å². The monoisotopic (exact) mass is 248 g/mol. The minimum atomic E-state index is -0.451. The van der Waals surface area contributed by atoms with Crippen molar-refractivity contribution >= 4 is 5.97 Å². The fourth-order valence-electron chi connectivity index (χ4n) is 1.77. The molecule has 0 radical (unpaired) electrons. The van der Waals surface area contributed by atoms with Gasteiger partial charge in [0.25, 0.3) is 0 Å². The number of carbonyl (C=O) groups excluding carboxylic acids is 1. The van der Waals surface area contributed by atoms with Crippen LogP contribution in [0.15, 0.2) is 43.0 Å². The van der Waals surface area contributed by atoms with Crippen molar-refractivity contribution in [2.75, 3.05) is 19.8 Å². The highest BCUT2D eigenvalue weighted by Gasteiger charge is 2.22. The van der Waals surface area contributed by atoms with Crippen molar-refractivity contribution in [1.29, 1.82) is 0 Å². The molecule has 2 rings (SSSR count). The van der Waals surface area contributed by atoms with Crippen LogP contribution in [0.5, 0.6) is 0 Å². The van der Waals surface area contributed by atoms with Gasteiger partial charge in [0.1, 0.15) is 6.61 Å². The Balaban J connectivity index is 1.91. The quantitative estimate of drug-likeness (QED) is 0.589. The molecule has 0 aliphatic carbocycles. The van der Waals surface area contributed by atoms with Gasteiger partial charge < -0.3 is 14.2 Å². The molecule has 1 aromatic rings. The van der Waals surface area contributed by atoms with Crippen LogP contribution >= 0.6 is 0 Å². The number of rotatable bonds is 5. The van der Waals surface area contributed by atoms with Crippen molar-refractivity contribution in [3.05, 3.63) is 48.6 Å². The van der Waals surface area contributed by atoms with Crippen molar-refractivity contribution in [3.63, 3.8) is 0 Å². The summed E-state index contributed by atoms with van der Waals surface area (Å²) in [4.78, 5) is 11.9. The van der Waals surface area contributed by atoms with Gasteiger partial charge in [0.2, 0.25) is 0 Å². The average Bonchev–Trinajstić information content (AvgIpc) is 2.92. The van der Waals surface area contributed by atoms with Crippen LogP contribution in [0.4, 0.5) is 0 Å². The fourth-order valence-corrected chi connectivity index (χ4v) is 1.77. The summed E-state index contributed by atoms with van der Waals surface area (Å²) in [5, 5.41) is 0. The molecule has 1 heterocycles. The second kappa shape index (κ2) is 6.33. The van der Waals surface area contributed by atoms with Gasteiger partial charge in [-0.25, -0.2) is 0 Å². The maximum atomic E-state index is 11.9. The molecule has 1 unspecified atom stereocenters. The van der Waals surface area contributed by atoms with E-state index in [1.165, 1.54) is 0 Å². The molecule has 1 saturated heterocycles. The molecule has 0 N–H and O–H groups in total. The normalized spacial score (nSPS) is 17.3. The van der Waals surface area contributed by atoms with Crippen LogP contribution in [0.3, 0.4) is 0 Å². The zero-order chi connectivity index (χ0) is 12.8. The molecule has 1 aliphatic heterocycles. The third-order valence-electron chi connectivity index (χ3n) is 2.70. The molecular formula is C14H16O4. The van der Waals surface area contributed by atoms with Crippen molar-refractivity contribution in [1.82, 2.24) is 0 Å². The number of esters is 1. The van der Waals surface area contributed by atoms with Crippen LogP contribution < -0.4 is 0 Å². The summed E-state index contributed by atoms with van der Waals surface area (Å²) in [5.41, 5.74) is 0.866. The minimum Gasteiger partial charge on any atom is -0.460 e. The standard InChI is InChI=1S/C14H16O4/c1-2-12(11-6-4-3-5-7-11)14(15)18-10-13-16-8-9-17-13/h2-7,12-13H,1,8-10H2. The lowest BCUT2D eigenvalue weighted by molar-refractivity contribution is -0.156. The lowest BCUT2D eigenvalue weighted by Gasteiger charge is -2.14. The number of hydrogen-bond donors (Lipinski definition) is 0. The van der Waals surface area contributed by atoms with Gasteiger partial charge >= 0.3 is 5.97 Å². The second-order valence-corrected chi connectivity index (χ2v) is 3.93. The predicted molar refractivity (Wildman–Crippen MR) is 66.0 cm³/mol. The molecule has 1 atom stereocenters. The number of hydrogen-bond acceptors (Lipinski definition) is 4. The Bertz CT molecular complexity index is 396. The first kappa shape index (κ1) is 12.8. The first-order valence-corrected chi connectivity index (χ1v) is 5.88. The Morgan fingerprint density at radius 3 is 2.67 bits per heavy atom. The van der Waals surface area contributed by atoms with E-state index >= 15 is 0 Å². The van der Waals surface area contributed by atoms with Crippen molar-refractivity contribution in [2.45, 2.75) is 12.2 Å². The van der Waals surface area contributed by atoms with Crippen LogP contribution in [0, 0.1) is 0 Å². The van der Waals surface area contributed by atoms with Crippen LogP contribution in [0.2, 0.25) is 0 Å². The summed E-state index contributed by atoms with van der Waals surface area (Å²) in [7, 11) is 0. The van der Waals surface area contributed by atoms with Gasteiger partial charge in [0.05, 0.1) is 19.1 Å². The molecular weight excluding hydrogens is 232 g/mol. The average molecular weight is 248 g/mol. The Hall–Kier alpha value is -1.65. The summed E-state index contributed by atoms with van der Waals surface area (Å²) in [6, 6.07) is 9.39. The van der Waals surface area contributed by atoms with Gasteiger partial charge in [-0.15, -0.1) is 6.58 Å². The molecule has 1 fully saturated rings. The number of ether oxygens (including phenoxy) is 3. The highest BCUT2D eigenvalue weighted by molar-refractivity contribution is 5.80. The maximum Gasteiger partial charge on any atom is 0.317 e. The summed E-state index contributed by atoms with van der Waals surface area (Å²) in [5.74, 6) is -0.789. The van der Waals surface area contributed by atoms with Crippen LogP contribution in [0.25, 0.3) is 0 Å². The molecule has 1 aromatic carbocycles. The molecule has 4 heteroatoms. The number of benzene rings is 1. The van der Waals surface area contributed by atoms with E-state index in [1.54, 1.807) is 6.08 Å². The molecule has 4 nitrogen and oxygen atoms in total. The van der Waals surface area contributed by atoms with Gasteiger partial charge in [-0.2, -0.15) is 0 Å². The maximum absolute atomic E-state index is 11.9. The van der Waals surface area contributed by atoms with Crippen molar-refractivity contribution in [3.8, 4) is 0 Å². The Labute approximate surface area is 106 Å². The van der Waals surface area contributed by atoms with Gasteiger partial charge in [-0.05, 0) is 5.56 Å². The van der Waals surface area contributed by atoms with E-state index in [0.717, 1.165) is 5.56 Å². The lowest BCUT2D eigenvalue weighted by Crippen LogP contribution is -2.22. The van der Waals surface area contributed by atoms with Crippen molar-refractivity contribution < 1.29 is 19.0 Å². The first-order chi connectivity index (χ1) is 8.81. The van der Waals surface area contributed by atoms with E-state index in [2.05, 4.69) is 6.58 Å². The first-order valence-electron chi connectivity index (χ1n) is 5.88. The third-order valence-corrected chi connectivity index (χ3v) is 2.70. The highest BCUT2D eigenvalue weighted by Crippen LogP contribution is 2.18. The zero-order valence-corrected chi connectivity index (χ0v) is 10.1. The van der Waals surface area contributed by atoms with Gasteiger partial charge in [-0.3, -0.25) is 4.79 Å². The molecule has 18 heavy (non-hydrogen) atoms. The van der Waals surface area contributed by atoms with E-state index in [1.807, 2.05) is 30.3 Å². The molecule has 0 aromatic heterocycles. The topological polar surface area (TPSA) is 44.8 Å². The fraction of sp³-hybridized carbons (Fsp3) is 0.357. The minimum absolute atomic E-state index is 0.121. The molecule has 96 valence electrons. The van der Waals surface area contributed by atoms with E-state index in [-0.39, 0.29) is 12.6 Å². The SMILES string of the molecule is C=CC(C(=O)OCC1OCCO1)c1ccccc1. The van der Waals surface area contributed by atoms with Crippen LogP contribution in [-0.4, -0.2) is 32.1 Å². The van der Waals surface area contributed by atoms with Crippen LogP contribution in [-0.2, 0) is 19.0 Å². The predicted octanol–water partition coefficient (Wildman–Crippen LogP) is 1.87. The lowest BCUT2D eigenvalue weighted by atomic mass is 10.00. The van der Waals surface area contributed by atoms with Gasteiger partial charge in [-0.1, -0.05) is 36.4 Å². The Kier molecular flexibility index (Phi) is 4.50. The second-order valence-electron chi connectivity index (χ2n) is 3.93. The van der Waals surface area contributed by atoms with E-state index in [9.17, 15) is 4.79 Å².